The number of halogens is 3. The predicted octanol–water partition coefficient (Wildman–Crippen LogP) is 3.13. The fourth-order valence-electron chi connectivity index (χ4n) is 2.23. The number of hydrogen-bond donors (Lipinski definition) is 0. The summed E-state index contributed by atoms with van der Waals surface area (Å²) in [5.74, 6) is 0. The second-order valence-corrected chi connectivity index (χ2v) is 4.69. The number of hydrogen-bond acceptors (Lipinski definition) is 2. The molecule has 2 heterocycles. The molecule has 0 aromatic carbocycles. The van der Waals surface area contributed by atoms with Crippen LogP contribution < -0.4 is 0 Å². The second-order valence-electron chi connectivity index (χ2n) is 4.69. The van der Waals surface area contributed by atoms with Crippen LogP contribution >= 0.6 is 0 Å². The lowest BCUT2D eigenvalue weighted by Gasteiger charge is -2.13. The van der Waals surface area contributed by atoms with Crippen molar-refractivity contribution < 1.29 is 13.2 Å². The van der Waals surface area contributed by atoms with Crippen molar-refractivity contribution in [3.8, 4) is 0 Å². The van der Waals surface area contributed by atoms with E-state index in [9.17, 15) is 13.2 Å². The standard InChI is InChI=1S/C13H17F3N2/c14-13(15,16)11-5-6-12(17-10-11)4-3-9-18-7-1-2-8-18/h5-6,10H,1-4,7-9H2. The number of alkyl halides is 3. The fraction of sp³-hybridized carbons (Fsp3) is 0.615. The number of likely N-dealkylation sites (tertiary alicyclic amines) is 1. The molecule has 0 saturated carbocycles. The highest BCUT2D eigenvalue weighted by Crippen LogP contribution is 2.28. The number of rotatable bonds is 4. The summed E-state index contributed by atoms with van der Waals surface area (Å²) in [6.45, 7) is 3.32. The molecule has 2 nitrogen and oxygen atoms in total. The zero-order valence-corrected chi connectivity index (χ0v) is 10.2. The van der Waals surface area contributed by atoms with E-state index in [0.29, 0.717) is 0 Å². The average Bonchev–Trinajstić information content (AvgIpc) is 2.82. The maximum absolute atomic E-state index is 12.3. The Morgan fingerprint density at radius 1 is 1.17 bits per heavy atom. The van der Waals surface area contributed by atoms with Gasteiger partial charge in [-0.1, -0.05) is 0 Å². The molecule has 18 heavy (non-hydrogen) atoms. The van der Waals surface area contributed by atoms with E-state index in [-0.39, 0.29) is 0 Å². The predicted molar refractivity (Wildman–Crippen MR) is 63.2 cm³/mol. The molecule has 0 aliphatic carbocycles. The van der Waals surface area contributed by atoms with Crippen molar-refractivity contribution in [2.75, 3.05) is 19.6 Å². The van der Waals surface area contributed by atoms with Crippen molar-refractivity contribution in [1.29, 1.82) is 0 Å². The molecule has 1 aromatic heterocycles. The van der Waals surface area contributed by atoms with Crippen LogP contribution in [0.3, 0.4) is 0 Å². The van der Waals surface area contributed by atoms with E-state index >= 15 is 0 Å². The normalized spacial score (nSPS) is 17.3. The maximum atomic E-state index is 12.3. The highest BCUT2D eigenvalue weighted by atomic mass is 19.4. The zero-order valence-electron chi connectivity index (χ0n) is 10.2. The summed E-state index contributed by atoms with van der Waals surface area (Å²) in [7, 11) is 0. The first kappa shape index (κ1) is 13.3. The van der Waals surface area contributed by atoms with Crippen LogP contribution in [0.5, 0.6) is 0 Å². The smallest absolute Gasteiger partial charge is 0.303 e. The molecular formula is C13H17F3N2. The molecule has 0 radical (unpaired) electrons. The lowest BCUT2D eigenvalue weighted by atomic mass is 10.2. The monoisotopic (exact) mass is 258 g/mol. The first-order valence-electron chi connectivity index (χ1n) is 6.30. The number of aryl methyl sites for hydroxylation is 1. The summed E-state index contributed by atoms with van der Waals surface area (Å²) in [6, 6.07) is 2.59. The Morgan fingerprint density at radius 3 is 2.44 bits per heavy atom. The van der Waals surface area contributed by atoms with Gasteiger partial charge in [0.2, 0.25) is 0 Å². The van der Waals surface area contributed by atoms with E-state index in [0.717, 1.165) is 50.4 Å². The molecule has 0 spiro atoms. The lowest BCUT2D eigenvalue weighted by Crippen LogP contribution is -2.20. The van der Waals surface area contributed by atoms with Crippen LogP contribution in [0.15, 0.2) is 18.3 Å². The summed E-state index contributed by atoms with van der Waals surface area (Å²) in [4.78, 5) is 6.26. The van der Waals surface area contributed by atoms with E-state index < -0.39 is 11.7 Å². The van der Waals surface area contributed by atoms with Gasteiger partial charge in [-0.2, -0.15) is 13.2 Å². The van der Waals surface area contributed by atoms with Crippen LogP contribution in [0.2, 0.25) is 0 Å². The Kier molecular flexibility index (Phi) is 4.22. The van der Waals surface area contributed by atoms with Crippen LogP contribution in [-0.4, -0.2) is 29.5 Å². The van der Waals surface area contributed by atoms with Gasteiger partial charge in [0, 0.05) is 11.9 Å². The van der Waals surface area contributed by atoms with Crippen molar-refractivity contribution in [3.05, 3.63) is 29.6 Å². The Balaban J connectivity index is 1.79. The molecule has 1 saturated heterocycles. The van der Waals surface area contributed by atoms with E-state index in [1.807, 2.05) is 0 Å². The molecule has 0 N–H and O–H groups in total. The van der Waals surface area contributed by atoms with Gasteiger partial charge in [0.1, 0.15) is 0 Å². The molecule has 0 amide bonds. The van der Waals surface area contributed by atoms with E-state index in [4.69, 9.17) is 0 Å². The minimum absolute atomic E-state index is 0.675. The molecule has 0 bridgehead atoms. The van der Waals surface area contributed by atoms with Crippen LogP contribution in [-0.2, 0) is 12.6 Å². The van der Waals surface area contributed by atoms with Gasteiger partial charge in [-0.25, -0.2) is 0 Å². The summed E-state index contributed by atoms with van der Waals surface area (Å²) in [5.41, 5.74) is 0.0630. The molecule has 1 aliphatic rings. The molecular weight excluding hydrogens is 241 g/mol. The molecule has 2 rings (SSSR count). The van der Waals surface area contributed by atoms with Crippen molar-refractivity contribution >= 4 is 0 Å². The molecule has 1 fully saturated rings. The summed E-state index contributed by atoms with van der Waals surface area (Å²) < 4.78 is 37.0. The highest BCUT2D eigenvalue weighted by molar-refractivity contribution is 5.16. The van der Waals surface area contributed by atoms with Crippen molar-refractivity contribution in [1.82, 2.24) is 9.88 Å². The Hall–Kier alpha value is -1.10. The van der Waals surface area contributed by atoms with Gasteiger partial charge < -0.3 is 4.90 Å². The summed E-state index contributed by atoms with van der Waals surface area (Å²) >= 11 is 0. The van der Waals surface area contributed by atoms with Gasteiger partial charge in [-0.3, -0.25) is 4.98 Å². The Labute approximate surface area is 105 Å². The SMILES string of the molecule is FC(F)(F)c1ccc(CCCN2CCCC2)nc1. The van der Waals surface area contributed by atoms with Gasteiger partial charge in [-0.05, 0) is 57.5 Å². The maximum Gasteiger partial charge on any atom is 0.417 e. The molecule has 1 aliphatic heterocycles. The molecule has 1 aromatic rings. The fourth-order valence-corrected chi connectivity index (χ4v) is 2.23. The van der Waals surface area contributed by atoms with Gasteiger partial charge in [0.15, 0.2) is 0 Å². The summed E-state index contributed by atoms with van der Waals surface area (Å²) in [5, 5.41) is 0. The van der Waals surface area contributed by atoms with Gasteiger partial charge >= 0.3 is 6.18 Å². The topological polar surface area (TPSA) is 16.1 Å². The first-order chi connectivity index (χ1) is 8.55. The highest BCUT2D eigenvalue weighted by Gasteiger charge is 2.30. The molecule has 5 heteroatoms. The van der Waals surface area contributed by atoms with Crippen LogP contribution in [0.4, 0.5) is 13.2 Å². The van der Waals surface area contributed by atoms with Crippen molar-refractivity contribution in [2.24, 2.45) is 0 Å². The van der Waals surface area contributed by atoms with Gasteiger partial charge in [0.25, 0.3) is 0 Å². The van der Waals surface area contributed by atoms with Gasteiger partial charge in [-0.15, -0.1) is 0 Å². The van der Waals surface area contributed by atoms with Crippen LogP contribution in [0.25, 0.3) is 0 Å². The minimum atomic E-state index is -4.29. The van der Waals surface area contributed by atoms with E-state index in [1.54, 1.807) is 0 Å². The average molecular weight is 258 g/mol. The Morgan fingerprint density at radius 2 is 1.89 bits per heavy atom. The lowest BCUT2D eigenvalue weighted by molar-refractivity contribution is -0.137. The van der Waals surface area contributed by atoms with Crippen LogP contribution in [0.1, 0.15) is 30.5 Å². The third-order valence-electron chi connectivity index (χ3n) is 3.26. The molecule has 0 unspecified atom stereocenters. The third kappa shape index (κ3) is 3.70. The number of nitrogens with zero attached hydrogens (tertiary/aromatic N) is 2. The molecule has 100 valence electrons. The minimum Gasteiger partial charge on any atom is -0.303 e. The van der Waals surface area contributed by atoms with E-state index in [2.05, 4.69) is 9.88 Å². The largest absolute Gasteiger partial charge is 0.417 e. The Bertz CT molecular complexity index is 367. The van der Waals surface area contributed by atoms with Crippen LogP contribution in [0, 0.1) is 0 Å². The van der Waals surface area contributed by atoms with E-state index in [1.165, 1.54) is 18.9 Å². The third-order valence-corrected chi connectivity index (χ3v) is 3.26. The van der Waals surface area contributed by atoms with Crippen molar-refractivity contribution in [2.45, 2.75) is 31.9 Å². The quantitative estimate of drug-likeness (QED) is 0.824. The van der Waals surface area contributed by atoms with Crippen molar-refractivity contribution in [3.63, 3.8) is 0 Å². The number of aromatic nitrogens is 1. The first-order valence-corrected chi connectivity index (χ1v) is 6.30. The van der Waals surface area contributed by atoms with Gasteiger partial charge in [0.05, 0.1) is 5.56 Å². The zero-order chi connectivity index (χ0) is 13.0. The number of pyridine rings is 1. The molecule has 0 atom stereocenters. The summed E-state index contributed by atoms with van der Waals surface area (Å²) in [6.07, 6.45) is 0.857. The second kappa shape index (κ2) is 5.69.